The van der Waals surface area contributed by atoms with Crippen LogP contribution in [-0.4, -0.2) is 11.1 Å². The van der Waals surface area contributed by atoms with E-state index in [-0.39, 0.29) is 0 Å². The van der Waals surface area contributed by atoms with Gasteiger partial charge in [-0.1, -0.05) is 17.7 Å². The zero-order chi connectivity index (χ0) is 10.4. The van der Waals surface area contributed by atoms with E-state index in [0.717, 1.165) is 18.1 Å². The summed E-state index contributed by atoms with van der Waals surface area (Å²) < 4.78 is 2.39. The van der Waals surface area contributed by atoms with Gasteiger partial charge in [0.15, 0.2) is 0 Å². The van der Waals surface area contributed by atoms with Crippen molar-refractivity contribution in [3.63, 3.8) is 0 Å². The topological polar surface area (TPSA) is 17.0 Å². The van der Waals surface area contributed by atoms with Crippen molar-refractivity contribution in [1.29, 1.82) is 0 Å². The van der Waals surface area contributed by atoms with Gasteiger partial charge in [0.25, 0.3) is 0 Å². The van der Waals surface area contributed by atoms with Crippen molar-refractivity contribution >= 4 is 22.5 Å². The van der Waals surface area contributed by atoms with E-state index < -0.39 is 0 Å². The zero-order valence-electron chi connectivity index (χ0n) is 8.63. The second-order valence-corrected chi connectivity index (χ2v) is 4.63. The summed E-state index contributed by atoms with van der Waals surface area (Å²) in [4.78, 5) is 0. The molecule has 2 heterocycles. The van der Waals surface area contributed by atoms with Crippen LogP contribution in [0.2, 0.25) is 5.02 Å². The van der Waals surface area contributed by atoms with Crippen molar-refractivity contribution in [3.05, 3.63) is 35.0 Å². The van der Waals surface area contributed by atoms with Gasteiger partial charge < -0.3 is 9.88 Å². The highest BCUT2D eigenvalue weighted by atomic mass is 35.5. The molecule has 3 rings (SSSR count). The lowest BCUT2D eigenvalue weighted by molar-refractivity contribution is 0.439. The minimum Gasteiger partial charge on any atom is -0.339 e. The molecule has 2 nitrogen and oxygen atoms in total. The van der Waals surface area contributed by atoms with E-state index in [2.05, 4.69) is 35.0 Å². The Morgan fingerprint density at radius 3 is 3.13 bits per heavy atom. The minimum absolute atomic E-state index is 0.504. The number of hydrogen-bond acceptors (Lipinski definition) is 1. The maximum absolute atomic E-state index is 6.04. The van der Waals surface area contributed by atoms with E-state index in [1.54, 1.807) is 0 Å². The Labute approximate surface area is 93.8 Å². The first-order chi connectivity index (χ1) is 7.25. The summed E-state index contributed by atoms with van der Waals surface area (Å²) in [6.45, 7) is 4.22. The quantitative estimate of drug-likeness (QED) is 0.723. The monoisotopic (exact) mass is 220 g/mol. The Bertz CT molecular complexity index is 516. The normalized spacial score (nSPS) is 20.5. The molecular formula is C12H13ClN2. The molecule has 0 fully saturated rings. The first-order valence-electron chi connectivity index (χ1n) is 5.26. The van der Waals surface area contributed by atoms with Crippen LogP contribution < -0.4 is 5.32 Å². The summed E-state index contributed by atoms with van der Waals surface area (Å²) in [6.07, 6.45) is 0. The average molecular weight is 221 g/mol. The molecule has 0 unspecified atom stereocenters. The number of nitrogens with one attached hydrogen (secondary N) is 1. The average Bonchev–Trinajstić information content (AvgIpc) is 2.57. The van der Waals surface area contributed by atoms with E-state index in [4.69, 9.17) is 11.6 Å². The van der Waals surface area contributed by atoms with Gasteiger partial charge in [-0.05, 0) is 25.1 Å². The number of hydrogen-bond donors (Lipinski definition) is 1. The number of halogens is 1. The largest absolute Gasteiger partial charge is 0.339 e. The van der Waals surface area contributed by atoms with Crippen LogP contribution in [0.25, 0.3) is 10.9 Å². The Morgan fingerprint density at radius 2 is 2.27 bits per heavy atom. The highest BCUT2D eigenvalue weighted by Gasteiger charge is 2.17. The fourth-order valence-electron chi connectivity index (χ4n) is 2.41. The van der Waals surface area contributed by atoms with E-state index in [9.17, 15) is 0 Å². The molecule has 1 aliphatic heterocycles. The number of nitrogens with zero attached hydrogens (tertiary/aromatic N) is 1. The molecule has 1 N–H and O–H groups in total. The molecule has 0 aliphatic carbocycles. The summed E-state index contributed by atoms with van der Waals surface area (Å²) in [5, 5.41) is 5.51. The van der Waals surface area contributed by atoms with Crippen LogP contribution in [-0.2, 0) is 6.54 Å². The van der Waals surface area contributed by atoms with Crippen molar-refractivity contribution in [2.24, 2.45) is 0 Å². The lowest BCUT2D eigenvalue weighted by atomic mass is 10.2. The van der Waals surface area contributed by atoms with Crippen molar-refractivity contribution in [1.82, 2.24) is 9.88 Å². The van der Waals surface area contributed by atoms with Crippen LogP contribution in [0, 0.1) is 0 Å². The molecule has 1 aliphatic rings. The molecule has 0 amide bonds. The Hall–Kier alpha value is -0.990. The van der Waals surface area contributed by atoms with E-state index in [1.807, 2.05) is 6.07 Å². The molecule has 0 saturated carbocycles. The molecule has 15 heavy (non-hydrogen) atoms. The molecule has 0 radical (unpaired) electrons. The Kier molecular flexibility index (Phi) is 2.01. The first-order valence-corrected chi connectivity index (χ1v) is 5.63. The Balaban J connectivity index is 2.33. The van der Waals surface area contributed by atoms with Crippen LogP contribution in [0.4, 0.5) is 0 Å². The highest BCUT2D eigenvalue weighted by molar-refractivity contribution is 6.31. The SMILES string of the molecule is C[C@H]1CNCc2cc3ccc(Cl)cc3n21. The highest BCUT2D eigenvalue weighted by Crippen LogP contribution is 2.28. The lowest BCUT2D eigenvalue weighted by Crippen LogP contribution is -2.30. The predicted molar refractivity (Wildman–Crippen MR) is 63.4 cm³/mol. The van der Waals surface area contributed by atoms with Crippen LogP contribution in [0.5, 0.6) is 0 Å². The molecule has 0 spiro atoms. The third-order valence-corrected chi connectivity index (χ3v) is 3.31. The summed E-state index contributed by atoms with van der Waals surface area (Å²) >= 11 is 6.04. The minimum atomic E-state index is 0.504. The summed E-state index contributed by atoms with van der Waals surface area (Å²) in [6, 6.07) is 8.85. The maximum atomic E-state index is 6.04. The fourth-order valence-corrected chi connectivity index (χ4v) is 2.57. The Morgan fingerprint density at radius 1 is 1.40 bits per heavy atom. The number of rotatable bonds is 0. The van der Waals surface area contributed by atoms with Crippen LogP contribution >= 0.6 is 11.6 Å². The molecule has 2 aromatic rings. The smallest absolute Gasteiger partial charge is 0.0500 e. The van der Waals surface area contributed by atoms with Gasteiger partial charge in [0.2, 0.25) is 0 Å². The van der Waals surface area contributed by atoms with Gasteiger partial charge in [-0.25, -0.2) is 0 Å². The maximum Gasteiger partial charge on any atom is 0.0500 e. The first kappa shape index (κ1) is 9.25. The molecule has 1 atom stereocenters. The van der Waals surface area contributed by atoms with E-state index >= 15 is 0 Å². The van der Waals surface area contributed by atoms with Gasteiger partial charge in [0, 0.05) is 35.2 Å². The number of benzene rings is 1. The van der Waals surface area contributed by atoms with E-state index in [0.29, 0.717) is 6.04 Å². The van der Waals surface area contributed by atoms with Crippen LogP contribution in [0.1, 0.15) is 18.7 Å². The van der Waals surface area contributed by atoms with Gasteiger partial charge >= 0.3 is 0 Å². The fraction of sp³-hybridized carbons (Fsp3) is 0.333. The number of aromatic nitrogens is 1. The van der Waals surface area contributed by atoms with Gasteiger partial charge in [-0.15, -0.1) is 0 Å². The van der Waals surface area contributed by atoms with Gasteiger partial charge in [0.05, 0.1) is 5.52 Å². The standard InChI is InChI=1S/C12H13ClN2/c1-8-6-14-7-11-4-9-2-3-10(13)5-12(9)15(8)11/h2-5,8,14H,6-7H2,1H3/t8-/m0/s1. The van der Waals surface area contributed by atoms with Crippen LogP contribution in [0.15, 0.2) is 24.3 Å². The molecule has 78 valence electrons. The molecule has 0 saturated heterocycles. The summed E-state index contributed by atoms with van der Waals surface area (Å²) in [5.41, 5.74) is 2.61. The van der Waals surface area contributed by atoms with Crippen molar-refractivity contribution in [3.8, 4) is 0 Å². The lowest BCUT2D eigenvalue weighted by Gasteiger charge is -2.24. The number of fused-ring (bicyclic) bond motifs is 3. The van der Waals surface area contributed by atoms with Crippen LogP contribution in [0.3, 0.4) is 0 Å². The molecular weight excluding hydrogens is 208 g/mol. The van der Waals surface area contributed by atoms with Crippen molar-refractivity contribution in [2.45, 2.75) is 19.5 Å². The van der Waals surface area contributed by atoms with Gasteiger partial charge in [-0.2, -0.15) is 0 Å². The molecule has 1 aromatic carbocycles. The third kappa shape index (κ3) is 1.36. The second-order valence-electron chi connectivity index (χ2n) is 4.19. The predicted octanol–water partition coefficient (Wildman–Crippen LogP) is 2.96. The molecule has 1 aromatic heterocycles. The van der Waals surface area contributed by atoms with E-state index in [1.165, 1.54) is 16.6 Å². The van der Waals surface area contributed by atoms with Gasteiger partial charge in [-0.3, -0.25) is 0 Å². The summed E-state index contributed by atoms with van der Waals surface area (Å²) in [7, 11) is 0. The summed E-state index contributed by atoms with van der Waals surface area (Å²) in [5.74, 6) is 0. The van der Waals surface area contributed by atoms with Gasteiger partial charge in [0.1, 0.15) is 0 Å². The third-order valence-electron chi connectivity index (χ3n) is 3.07. The zero-order valence-corrected chi connectivity index (χ0v) is 9.38. The van der Waals surface area contributed by atoms with Crippen molar-refractivity contribution < 1.29 is 0 Å². The molecule has 3 heteroatoms. The second kappa shape index (κ2) is 3.26. The molecule has 0 bridgehead atoms. The van der Waals surface area contributed by atoms with Crippen molar-refractivity contribution in [2.75, 3.05) is 6.54 Å².